The zero-order chi connectivity index (χ0) is 59.1. The van der Waals surface area contributed by atoms with E-state index in [-0.39, 0.29) is 130 Å². The average molecular weight is 1250 g/mol. The number of imidazole rings is 1. The van der Waals surface area contributed by atoms with Gasteiger partial charge >= 0.3 is 0 Å². The van der Waals surface area contributed by atoms with Crippen molar-refractivity contribution in [1.82, 2.24) is 14.4 Å². The van der Waals surface area contributed by atoms with Gasteiger partial charge in [-0.2, -0.15) is 52.5 Å². The predicted octanol–water partition coefficient (Wildman–Crippen LogP) is 8.96. The van der Waals surface area contributed by atoms with Crippen LogP contribution in [-0.4, -0.2) is 120 Å². The third kappa shape index (κ3) is 13.4. The number of thiazole rings is 1. The van der Waals surface area contributed by atoms with Crippen molar-refractivity contribution in [3.8, 4) is 23.4 Å². The zero-order valence-corrected chi connectivity index (χ0v) is 47.3. The number of fused-ring (bicyclic) bond motifs is 6. The van der Waals surface area contributed by atoms with E-state index in [1.54, 1.807) is 6.92 Å². The summed E-state index contributed by atoms with van der Waals surface area (Å²) in [6, 6.07) is 14.1. The lowest BCUT2D eigenvalue weighted by atomic mass is 10.1. The van der Waals surface area contributed by atoms with Crippen molar-refractivity contribution in [2.24, 2.45) is 30.7 Å². The van der Waals surface area contributed by atoms with Crippen molar-refractivity contribution in [3.63, 3.8) is 0 Å². The molecule has 0 aliphatic heterocycles. The highest BCUT2D eigenvalue weighted by Gasteiger charge is 2.27. The van der Waals surface area contributed by atoms with Crippen LogP contribution in [0.1, 0.15) is 35.1 Å². The fourth-order valence-corrected chi connectivity index (χ4v) is 12.9. The lowest BCUT2D eigenvalue weighted by Crippen LogP contribution is -2.08. The Morgan fingerprint density at radius 3 is 2.01 bits per heavy atom. The summed E-state index contributed by atoms with van der Waals surface area (Å²) in [6.07, 6.45) is -0.289. The van der Waals surface area contributed by atoms with Crippen LogP contribution in [0.25, 0.3) is 37.7 Å². The molecule has 0 aliphatic rings. The Hall–Kier alpha value is -7.25. The summed E-state index contributed by atoms with van der Waals surface area (Å²) in [5.41, 5.74) is -0.924. The summed E-state index contributed by atoms with van der Waals surface area (Å²) in [7, 11) is -22.1. The summed E-state index contributed by atoms with van der Waals surface area (Å²) < 4.78 is 181. The molecule has 5 aromatic carbocycles. The lowest BCUT2D eigenvalue weighted by molar-refractivity contribution is 0.282. The lowest BCUT2D eigenvalue weighted by Gasteiger charge is -2.12. The van der Waals surface area contributed by atoms with Crippen molar-refractivity contribution >= 4 is 145 Å². The van der Waals surface area contributed by atoms with E-state index < -0.39 is 89.3 Å². The number of aromatic hydroxyl groups is 1. The number of methoxy groups -OCH3 is 1. The van der Waals surface area contributed by atoms with Crippen molar-refractivity contribution in [3.05, 3.63) is 82.9 Å². The van der Waals surface area contributed by atoms with Crippen LogP contribution in [0.2, 0.25) is 0 Å². The molecule has 0 atom stereocenters. The number of hydrogen-bond acceptors (Lipinski definition) is 25. The molecular weight excluding hydrogens is 1210 g/mol. The van der Waals surface area contributed by atoms with Crippen LogP contribution < -0.4 is 9.47 Å². The number of pyridine rings is 1. The number of aliphatic hydroxyl groups is 1. The molecule has 7 N–H and O–H groups in total. The third-order valence-corrected chi connectivity index (χ3v) is 18.0. The maximum Gasteiger partial charge on any atom is 0.296 e. The minimum atomic E-state index is -4.92. The zero-order valence-electron chi connectivity index (χ0n) is 41.6. The summed E-state index contributed by atoms with van der Waals surface area (Å²) in [4.78, 5) is 6.88. The number of benzene rings is 5. The van der Waals surface area contributed by atoms with Crippen LogP contribution in [0.4, 0.5) is 33.6 Å². The smallest absolute Gasteiger partial charge is 0.296 e. The van der Waals surface area contributed by atoms with Gasteiger partial charge in [0.2, 0.25) is 11.0 Å². The maximum absolute atomic E-state index is 12.5. The van der Waals surface area contributed by atoms with Gasteiger partial charge in [-0.05, 0) is 79.8 Å². The van der Waals surface area contributed by atoms with E-state index >= 15 is 0 Å². The number of ether oxygens (including phenoxy) is 2. The standard InChI is InChI=1S/C45H40N10O19S7/c1-22-12-32(51-53-39-23(2)29(20-46)43-47-40-34(55(43)44(39)57)15-26(73-3)16-38(40)81(70,71)72)35(74-8-4-10-77(58,59)60)18-30(22)49-52-33-13-25(21-56)31(19-36(33)75-9-5-11-78(61,62)63)50-54-45-48-41-37(80(67,68)69)14-24-6-7-27(79(64,65)66)17-28(24)42(41)76-45/h6-7,12-19,56-57H,4-5,8-11,21H2,1-3H3,(H,58,59,60)(H,61,62,63)(H,64,65,66)(H,67,68,69)(H,70,71,72). The van der Waals surface area contributed by atoms with E-state index in [0.717, 1.165) is 51.8 Å². The minimum absolute atomic E-state index is 0.0147. The highest BCUT2D eigenvalue weighted by atomic mass is 32.2. The number of azo groups is 3. The van der Waals surface area contributed by atoms with Gasteiger partial charge in [-0.1, -0.05) is 17.4 Å². The quantitative estimate of drug-likeness (QED) is 0.0153. The number of nitriles is 1. The summed E-state index contributed by atoms with van der Waals surface area (Å²) in [6.45, 7) is 1.94. The van der Waals surface area contributed by atoms with E-state index in [0.29, 0.717) is 5.56 Å². The molecule has 36 heteroatoms. The molecule has 0 amide bonds. The maximum atomic E-state index is 12.5. The number of thioether (sulfide) groups is 1. The van der Waals surface area contributed by atoms with Gasteiger partial charge < -0.3 is 19.7 Å². The van der Waals surface area contributed by atoms with Gasteiger partial charge in [0.1, 0.15) is 49.6 Å². The summed E-state index contributed by atoms with van der Waals surface area (Å²) >= 11 is 1.77. The van der Waals surface area contributed by atoms with E-state index in [2.05, 4.69) is 40.7 Å². The molecule has 0 spiro atoms. The first-order valence-corrected chi connectivity index (χ1v) is 32.0. The van der Waals surface area contributed by atoms with Crippen LogP contribution >= 0.6 is 23.1 Å². The molecule has 0 bridgehead atoms. The molecule has 29 nitrogen and oxygen atoms in total. The second-order valence-corrected chi connectivity index (χ2v) is 26.7. The Morgan fingerprint density at radius 2 is 1.37 bits per heavy atom. The van der Waals surface area contributed by atoms with E-state index in [1.807, 2.05) is 6.07 Å². The van der Waals surface area contributed by atoms with Crippen LogP contribution in [0.5, 0.6) is 17.4 Å². The van der Waals surface area contributed by atoms with E-state index in [4.69, 9.17) is 9.47 Å². The topological polar surface area (TPSA) is 459 Å². The van der Waals surface area contributed by atoms with Gasteiger partial charge in [0.15, 0.2) is 11.3 Å². The Morgan fingerprint density at radius 1 is 0.716 bits per heavy atom. The fraction of sp³-hybridized carbons (Fsp3) is 0.222. The van der Waals surface area contributed by atoms with Gasteiger partial charge in [0, 0.05) is 39.6 Å². The van der Waals surface area contributed by atoms with Crippen molar-refractivity contribution in [1.29, 1.82) is 5.26 Å². The van der Waals surface area contributed by atoms with E-state index in [1.165, 1.54) is 50.4 Å². The molecule has 0 unspecified atom stereocenters. The Bertz CT molecular complexity index is 4660. The number of nitrogens with zero attached hydrogens (tertiary/aromatic N) is 10. The monoisotopic (exact) mass is 1250 g/mol. The Balaban J connectivity index is 1.20. The third-order valence-electron chi connectivity index (χ3n) is 11.7. The Kier molecular flexibility index (Phi) is 17.0. The fourth-order valence-electron chi connectivity index (χ4n) is 7.89. The van der Waals surface area contributed by atoms with E-state index in [9.17, 15) is 80.3 Å². The summed E-state index contributed by atoms with van der Waals surface area (Å²) in [5.74, 6) is -2.11. The molecule has 0 fully saturated rings. The predicted molar refractivity (Wildman–Crippen MR) is 291 cm³/mol. The number of aryl methyl sites for hydroxylation is 1. The highest BCUT2D eigenvalue weighted by Crippen LogP contribution is 2.45. The molecular formula is C45H40N10O19S7. The van der Waals surface area contributed by atoms with Crippen molar-refractivity contribution in [2.45, 2.75) is 52.9 Å². The number of aliphatic hydroxyl groups excluding tert-OH is 1. The van der Waals surface area contributed by atoms with Crippen LogP contribution in [-0.2, 0) is 57.2 Å². The molecule has 0 saturated heterocycles. The first-order valence-electron chi connectivity index (χ1n) is 22.7. The van der Waals surface area contributed by atoms with Crippen LogP contribution in [0.15, 0.2) is 111 Å². The molecule has 81 heavy (non-hydrogen) atoms. The molecule has 8 rings (SSSR count). The largest absolute Gasteiger partial charge is 0.497 e. The SMILES string of the molecule is COc1cc(S(=O)(=O)O)c2nc3c(C#N)c(C)c(N=Nc4cc(C)c(N=Nc5cc(CO)c(N=Nc6nc7c(S(=O)(=O)O)cc8ccc(S(=O)(=O)O)cc8c7s6)cc5SCCCS(=O)(=O)O)cc4OCCCS(=O)(=O)O)c(O)n3c2c1. The first kappa shape index (κ1) is 59.9. The van der Waals surface area contributed by atoms with Gasteiger partial charge in [-0.25, -0.2) is 9.97 Å². The second-order valence-electron chi connectivity index (χ2n) is 17.2. The van der Waals surface area contributed by atoms with Gasteiger partial charge in [0.25, 0.3) is 50.6 Å². The molecule has 0 radical (unpaired) electrons. The molecule has 3 aromatic heterocycles. The second kappa shape index (κ2) is 22.9. The molecule has 3 heterocycles. The first-order chi connectivity index (χ1) is 37.9. The van der Waals surface area contributed by atoms with Crippen LogP contribution in [0, 0.1) is 25.2 Å². The minimum Gasteiger partial charge on any atom is -0.497 e. The van der Waals surface area contributed by atoms with Crippen molar-refractivity contribution in [2.75, 3.05) is 31.0 Å². The van der Waals surface area contributed by atoms with Gasteiger partial charge in [-0.15, -0.1) is 37.3 Å². The molecule has 0 aliphatic carbocycles. The summed E-state index contributed by atoms with van der Waals surface area (Å²) in [5, 5.41) is 58.3. The number of rotatable bonds is 21. The highest BCUT2D eigenvalue weighted by molar-refractivity contribution is 7.99. The Labute approximate surface area is 467 Å². The average Bonchev–Trinajstić information content (AvgIpc) is 2.44. The molecule has 8 aromatic rings. The molecule has 426 valence electrons. The van der Waals surface area contributed by atoms with Gasteiger partial charge in [-0.3, -0.25) is 27.2 Å². The van der Waals surface area contributed by atoms with Crippen LogP contribution in [0.3, 0.4) is 0 Å². The van der Waals surface area contributed by atoms with Gasteiger partial charge in [0.05, 0.1) is 64.0 Å². The molecule has 0 saturated carbocycles. The number of aromatic nitrogens is 3. The van der Waals surface area contributed by atoms with Crippen molar-refractivity contribution < 1.29 is 84.5 Å². The normalized spacial score (nSPS) is 13.0. The number of hydrogen-bond donors (Lipinski definition) is 7.